The van der Waals surface area contributed by atoms with Crippen molar-refractivity contribution >= 4 is 23.1 Å². The molecule has 0 radical (unpaired) electrons. The standard InChI is InChI=1S/C15H17FN2O2S/c1-10-7-12(16)3-4-13(10)18-14(19)17-9-15(2,20)11-5-6-21-8-11/h3-8,20H,9H2,1-2H3,(H2,17,18,19). The minimum Gasteiger partial charge on any atom is -0.384 e. The van der Waals surface area contributed by atoms with Gasteiger partial charge < -0.3 is 15.7 Å². The molecule has 112 valence electrons. The zero-order chi connectivity index (χ0) is 15.5. The number of carbonyl (C=O) groups is 1. The summed E-state index contributed by atoms with van der Waals surface area (Å²) in [5.74, 6) is -0.348. The number of rotatable bonds is 4. The maximum absolute atomic E-state index is 13.0. The number of carbonyl (C=O) groups excluding carboxylic acids is 1. The molecule has 1 aromatic carbocycles. The molecule has 2 amide bonds. The van der Waals surface area contributed by atoms with E-state index in [0.717, 1.165) is 5.56 Å². The Kier molecular flexibility index (Phi) is 4.59. The molecule has 0 saturated carbocycles. The Morgan fingerprint density at radius 3 is 2.81 bits per heavy atom. The summed E-state index contributed by atoms with van der Waals surface area (Å²) >= 11 is 1.48. The van der Waals surface area contributed by atoms with Crippen LogP contribution in [-0.2, 0) is 5.60 Å². The topological polar surface area (TPSA) is 61.4 Å². The quantitative estimate of drug-likeness (QED) is 0.812. The molecular formula is C15H17FN2O2S. The highest BCUT2D eigenvalue weighted by atomic mass is 32.1. The van der Waals surface area contributed by atoms with Gasteiger partial charge in [-0.3, -0.25) is 0 Å². The summed E-state index contributed by atoms with van der Waals surface area (Å²) in [7, 11) is 0. The van der Waals surface area contributed by atoms with Gasteiger partial charge in [0.15, 0.2) is 0 Å². The van der Waals surface area contributed by atoms with Crippen molar-refractivity contribution in [2.24, 2.45) is 0 Å². The lowest BCUT2D eigenvalue weighted by molar-refractivity contribution is 0.0604. The zero-order valence-corrected chi connectivity index (χ0v) is 12.6. The summed E-state index contributed by atoms with van der Waals surface area (Å²) in [6, 6.07) is 5.50. The lowest BCUT2D eigenvalue weighted by Crippen LogP contribution is -2.40. The Bertz CT molecular complexity index is 627. The van der Waals surface area contributed by atoms with Gasteiger partial charge in [0.2, 0.25) is 0 Å². The van der Waals surface area contributed by atoms with Gasteiger partial charge in [0, 0.05) is 5.69 Å². The van der Waals surface area contributed by atoms with E-state index in [9.17, 15) is 14.3 Å². The predicted octanol–water partition coefficient (Wildman–Crippen LogP) is 3.22. The van der Waals surface area contributed by atoms with Crippen molar-refractivity contribution in [1.29, 1.82) is 0 Å². The van der Waals surface area contributed by atoms with E-state index < -0.39 is 11.6 Å². The number of nitrogens with one attached hydrogen (secondary N) is 2. The SMILES string of the molecule is Cc1cc(F)ccc1NC(=O)NCC(C)(O)c1ccsc1. The Labute approximate surface area is 126 Å². The average Bonchev–Trinajstić information content (AvgIpc) is 2.95. The molecule has 0 aliphatic rings. The van der Waals surface area contributed by atoms with Gasteiger partial charge in [0.1, 0.15) is 11.4 Å². The molecule has 6 heteroatoms. The van der Waals surface area contributed by atoms with Crippen molar-refractivity contribution in [2.45, 2.75) is 19.4 Å². The monoisotopic (exact) mass is 308 g/mol. The highest BCUT2D eigenvalue weighted by Crippen LogP contribution is 2.22. The summed E-state index contributed by atoms with van der Waals surface area (Å²) in [4.78, 5) is 11.8. The number of hydrogen-bond donors (Lipinski definition) is 3. The Morgan fingerprint density at radius 1 is 1.43 bits per heavy atom. The summed E-state index contributed by atoms with van der Waals surface area (Å²) in [6.45, 7) is 3.43. The van der Waals surface area contributed by atoms with E-state index in [0.29, 0.717) is 11.3 Å². The van der Waals surface area contributed by atoms with Crippen LogP contribution >= 0.6 is 11.3 Å². The van der Waals surface area contributed by atoms with Crippen molar-refractivity contribution < 1.29 is 14.3 Å². The van der Waals surface area contributed by atoms with Crippen LogP contribution in [0.25, 0.3) is 0 Å². The number of aliphatic hydroxyl groups is 1. The fourth-order valence-electron chi connectivity index (χ4n) is 1.86. The molecule has 4 nitrogen and oxygen atoms in total. The normalized spacial score (nSPS) is 13.5. The molecule has 1 unspecified atom stereocenters. The van der Waals surface area contributed by atoms with Gasteiger partial charge in [-0.15, -0.1) is 0 Å². The first-order valence-electron chi connectivity index (χ1n) is 6.44. The molecule has 2 aromatic rings. The van der Waals surface area contributed by atoms with E-state index in [1.165, 1.54) is 29.5 Å². The van der Waals surface area contributed by atoms with Crippen molar-refractivity contribution in [3.63, 3.8) is 0 Å². The molecule has 1 atom stereocenters. The van der Waals surface area contributed by atoms with Crippen molar-refractivity contribution in [1.82, 2.24) is 5.32 Å². The highest BCUT2D eigenvalue weighted by Gasteiger charge is 2.24. The third-order valence-corrected chi connectivity index (χ3v) is 3.86. The van der Waals surface area contributed by atoms with E-state index in [1.807, 2.05) is 16.8 Å². The summed E-state index contributed by atoms with van der Waals surface area (Å²) in [6.07, 6.45) is 0. The number of thiophene rings is 1. The van der Waals surface area contributed by atoms with Crippen molar-refractivity contribution in [3.8, 4) is 0 Å². The van der Waals surface area contributed by atoms with Crippen molar-refractivity contribution in [3.05, 3.63) is 52.0 Å². The first-order valence-corrected chi connectivity index (χ1v) is 7.39. The van der Waals surface area contributed by atoms with E-state index in [1.54, 1.807) is 13.8 Å². The molecular weight excluding hydrogens is 291 g/mol. The van der Waals surface area contributed by atoms with Crippen molar-refractivity contribution in [2.75, 3.05) is 11.9 Å². The number of amides is 2. The average molecular weight is 308 g/mol. The molecule has 0 aliphatic carbocycles. The lowest BCUT2D eigenvalue weighted by Gasteiger charge is -2.23. The third kappa shape index (κ3) is 4.03. The summed E-state index contributed by atoms with van der Waals surface area (Å²) in [5.41, 5.74) is 0.791. The van der Waals surface area contributed by atoms with Gasteiger partial charge in [-0.2, -0.15) is 11.3 Å². The fraction of sp³-hybridized carbons (Fsp3) is 0.267. The maximum Gasteiger partial charge on any atom is 0.319 e. The number of urea groups is 1. The van der Waals surface area contributed by atoms with Crippen LogP contribution in [-0.4, -0.2) is 17.7 Å². The largest absolute Gasteiger partial charge is 0.384 e. The molecule has 1 aromatic heterocycles. The van der Waals surface area contributed by atoms with Crippen LogP contribution in [0.3, 0.4) is 0 Å². The second-order valence-corrected chi connectivity index (χ2v) is 5.83. The van der Waals surface area contributed by atoms with E-state index in [-0.39, 0.29) is 12.4 Å². The molecule has 21 heavy (non-hydrogen) atoms. The van der Waals surface area contributed by atoms with Crippen LogP contribution in [0.1, 0.15) is 18.1 Å². The molecule has 2 rings (SSSR count). The van der Waals surface area contributed by atoms with Gasteiger partial charge in [0.05, 0.1) is 6.54 Å². The van der Waals surface area contributed by atoms with E-state index >= 15 is 0 Å². The van der Waals surface area contributed by atoms with Crippen LogP contribution < -0.4 is 10.6 Å². The minimum absolute atomic E-state index is 0.0792. The summed E-state index contributed by atoms with van der Waals surface area (Å²) < 4.78 is 13.0. The lowest BCUT2D eigenvalue weighted by atomic mass is 9.99. The molecule has 1 heterocycles. The Hall–Kier alpha value is -1.92. The maximum atomic E-state index is 13.0. The number of halogens is 1. The predicted molar refractivity (Wildman–Crippen MR) is 82.0 cm³/mol. The van der Waals surface area contributed by atoms with Gasteiger partial charge >= 0.3 is 6.03 Å². The van der Waals surface area contributed by atoms with Crippen LogP contribution in [0.5, 0.6) is 0 Å². The van der Waals surface area contributed by atoms with Crippen LogP contribution in [0.4, 0.5) is 14.9 Å². The van der Waals surface area contributed by atoms with Crippen LogP contribution in [0, 0.1) is 12.7 Å². The zero-order valence-electron chi connectivity index (χ0n) is 11.8. The van der Waals surface area contributed by atoms with Gasteiger partial charge in [0.25, 0.3) is 0 Å². The van der Waals surface area contributed by atoms with Gasteiger partial charge in [-0.25, -0.2) is 9.18 Å². The molecule has 0 bridgehead atoms. The molecule has 0 saturated heterocycles. The van der Waals surface area contributed by atoms with Gasteiger partial charge in [-0.05, 0) is 60.0 Å². The molecule has 0 spiro atoms. The Morgan fingerprint density at radius 2 is 2.19 bits per heavy atom. The highest BCUT2D eigenvalue weighted by molar-refractivity contribution is 7.08. The second kappa shape index (κ2) is 6.24. The van der Waals surface area contributed by atoms with Crippen LogP contribution in [0.15, 0.2) is 35.0 Å². The number of aryl methyl sites for hydroxylation is 1. The smallest absolute Gasteiger partial charge is 0.319 e. The Balaban J connectivity index is 1.93. The van der Waals surface area contributed by atoms with Crippen LogP contribution in [0.2, 0.25) is 0 Å². The number of hydrogen-bond acceptors (Lipinski definition) is 3. The second-order valence-electron chi connectivity index (χ2n) is 5.05. The summed E-state index contributed by atoms with van der Waals surface area (Å²) in [5, 5.41) is 19.2. The van der Waals surface area contributed by atoms with E-state index in [2.05, 4.69) is 10.6 Å². The molecule has 0 fully saturated rings. The first-order chi connectivity index (χ1) is 9.88. The molecule has 0 aliphatic heterocycles. The molecule has 3 N–H and O–H groups in total. The minimum atomic E-state index is -1.13. The third-order valence-electron chi connectivity index (χ3n) is 3.17. The number of anilines is 1. The first kappa shape index (κ1) is 15.5. The van der Waals surface area contributed by atoms with Gasteiger partial charge in [-0.1, -0.05) is 0 Å². The fourth-order valence-corrected chi connectivity index (χ4v) is 2.64. The number of benzene rings is 1. The van der Waals surface area contributed by atoms with E-state index in [4.69, 9.17) is 0 Å².